The molecule has 1 aliphatic carbocycles. The van der Waals surface area contributed by atoms with Gasteiger partial charge in [0.15, 0.2) is 0 Å². The first kappa shape index (κ1) is 16.4. The standard InChI is InChI=1S/C15H22O5S/c1-11-4-6-15(7-5-11)21(16,17)20-14-9-12(18-2)8-13(10-14)19-3/h4-7,12-14H,8-10H2,1-3H3/t12-,13+,14?. The van der Waals surface area contributed by atoms with Crippen molar-refractivity contribution < 1.29 is 22.1 Å². The van der Waals surface area contributed by atoms with E-state index in [0.29, 0.717) is 12.8 Å². The van der Waals surface area contributed by atoms with E-state index in [9.17, 15) is 8.42 Å². The molecule has 1 aliphatic rings. The first-order valence-corrected chi connectivity index (χ1v) is 8.41. The van der Waals surface area contributed by atoms with Crippen LogP contribution in [0.15, 0.2) is 29.2 Å². The minimum atomic E-state index is -3.75. The Morgan fingerprint density at radius 1 is 0.905 bits per heavy atom. The average Bonchev–Trinajstić information content (AvgIpc) is 2.46. The number of methoxy groups -OCH3 is 2. The van der Waals surface area contributed by atoms with Gasteiger partial charge in [0.05, 0.1) is 23.2 Å². The van der Waals surface area contributed by atoms with Crippen LogP contribution in [0.1, 0.15) is 24.8 Å². The zero-order chi connectivity index (χ0) is 15.5. The third-order valence-electron chi connectivity index (χ3n) is 3.82. The summed E-state index contributed by atoms with van der Waals surface area (Å²) in [5.41, 5.74) is 1.01. The van der Waals surface area contributed by atoms with Crippen molar-refractivity contribution in [2.45, 2.75) is 49.4 Å². The van der Waals surface area contributed by atoms with Crippen LogP contribution in [0.5, 0.6) is 0 Å². The molecule has 1 aromatic rings. The quantitative estimate of drug-likeness (QED) is 0.780. The van der Waals surface area contributed by atoms with Gasteiger partial charge in [-0.3, -0.25) is 4.18 Å². The van der Waals surface area contributed by atoms with Gasteiger partial charge in [-0.05, 0) is 25.5 Å². The monoisotopic (exact) mass is 314 g/mol. The summed E-state index contributed by atoms with van der Waals surface area (Å²) in [6.07, 6.45) is 1.38. The molecule has 0 aliphatic heterocycles. The van der Waals surface area contributed by atoms with Crippen LogP contribution in [0.2, 0.25) is 0 Å². The van der Waals surface area contributed by atoms with Crippen molar-refractivity contribution >= 4 is 10.1 Å². The fourth-order valence-corrected chi connectivity index (χ4v) is 3.67. The molecule has 0 spiro atoms. The smallest absolute Gasteiger partial charge is 0.297 e. The predicted octanol–water partition coefficient (Wildman–Crippen LogP) is 2.28. The van der Waals surface area contributed by atoms with E-state index in [1.807, 2.05) is 6.92 Å². The van der Waals surface area contributed by atoms with Crippen molar-refractivity contribution in [2.75, 3.05) is 14.2 Å². The van der Waals surface area contributed by atoms with Gasteiger partial charge in [-0.1, -0.05) is 17.7 Å². The molecule has 0 radical (unpaired) electrons. The zero-order valence-electron chi connectivity index (χ0n) is 12.6. The third kappa shape index (κ3) is 4.26. The highest BCUT2D eigenvalue weighted by molar-refractivity contribution is 7.86. The van der Waals surface area contributed by atoms with Crippen molar-refractivity contribution in [3.63, 3.8) is 0 Å². The molecule has 3 atom stereocenters. The Labute approximate surface area is 126 Å². The molecular weight excluding hydrogens is 292 g/mol. The average molecular weight is 314 g/mol. The Balaban J connectivity index is 2.10. The van der Waals surface area contributed by atoms with Crippen molar-refractivity contribution in [1.82, 2.24) is 0 Å². The fraction of sp³-hybridized carbons (Fsp3) is 0.600. The van der Waals surface area contributed by atoms with Crippen LogP contribution >= 0.6 is 0 Å². The summed E-state index contributed by atoms with van der Waals surface area (Å²) in [7, 11) is -0.512. The Kier molecular flexibility index (Phi) is 5.37. The van der Waals surface area contributed by atoms with E-state index in [0.717, 1.165) is 12.0 Å². The van der Waals surface area contributed by atoms with E-state index in [4.69, 9.17) is 13.7 Å². The van der Waals surface area contributed by atoms with Crippen LogP contribution in [0.4, 0.5) is 0 Å². The molecule has 0 amide bonds. The summed E-state index contributed by atoms with van der Waals surface area (Å²) >= 11 is 0. The molecule has 1 aromatic carbocycles. The Morgan fingerprint density at radius 2 is 1.38 bits per heavy atom. The van der Waals surface area contributed by atoms with Gasteiger partial charge in [0.25, 0.3) is 10.1 Å². The summed E-state index contributed by atoms with van der Waals surface area (Å²) < 4.78 is 40.6. The molecule has 0 N–H and O–H groups in total. The van der Waals surface area contributed by atoms with Gasteiger partial charge in [-0.25, -0.2) is 0 Å². The van der Waals surface area contributed by atoms with Crippen molar-refractivity contribution in [3.8, 4) is 0 Å². The molecule has 1 saturated carbocycles. The van der Waals surface area contributed by atoms with E-state index in [1.54, 1.807) is 38.5 Å². The minimum absolute atomic E-state index is 0.0399. The van der Waals surface area contributed by atoms with E-state index in [-0.39, 0.29) is 17.1 Å². The van der Waals surface area contributed by atoms with Gasteiger partial charge in [0, 0.05) is 27.1 Å². The van der Waals surface area contributed by atoms with E-state index in [2.05, 4.69) is 0 Å². The summed E-state index contributed by atoms with van der Waals surface area (Å²) in [6.45, 7) is 1.91. The number of hydrogen-bond acceptors (Lipinski definition) is 5. The molecular formula is C15H22O5S. The summed E-state index contributed by atoms with van der Waals surface area (Å²) in [5, 5.41) is 0. The first-order chi connectivity index (χ1) is 9.94. The number of aryl methyl sites for hydroxylation is 1. The summed E-state index contributed by atoms with van der Waals surface area (Å²) in [5.74, 6) is 0. The van der Waals surface area contributed by atoms with Crippen molar-refractivity contribution in [3.05, 3.63) is 29.8 Å². The highest BCUT2D eigenvalue weighted by atomic mass is 32.2. The lowest BCUT2D eigenvalue weighted by atomic mass is 9.92. The van der Waals surface area contributed by atoms with Crippen LogP contribution in [-0.2, 0) is 23.8 Å². The molecule has 0 aromatic heterocycles. The lowest BCUT2D eigenvalue weighted by molar-refractivity contribution is -0.0484. The minimum Gasteiger partial charge on any atom is -0.381 e. The van der Waals surface area contributed by atoms with Gasteiger partial charge >= 0.3 is 0 Å². The summed E-state index contributed by atoms with van der Waals surface area (Å²) in [6, 6.07) is 6.64. The molecule has 0 heterocycles. The maximum Gasteiger partial charge on any atom is 0.297 e. The Bertz CT molecular complexity index is 540. The molecule has 2 rings (SSSR count). The topological polar surface area (TPSA) is 61.8 Å². The van der Waals surface area contributed by atoms with Crippen LogP contribution in [0.25, 0.3) is 0 Å². The predicted molar refractivity (Wildman–Crippen MR) is 78.7 cm³/mol. The van der Waals surface area contributed by atoms with Crippen molar-refractivity contribution in [2.24, 2.45) is 0 Å². The maximum absolute atomic E-state index is 12.3. The van der Waals surface area contributed by atoms with Gasteiger partial charge in [0.1, 0.15) is 0 Å². The lowest BCUT2D eigenvalue weighted by Gasteiger charge is -2.32. The summed E-state index contributed by atoms with van der Waals surface area (Å²) in [4.78, 5) is 0.182. The fourth-order valence-electron chi connectivity index (χ4n) is 2.57. The number of ether oxygens (including phenoxy) is 2. The van der Waals surface area contributed by atoms with Crippen LogP contribution in [0.3, 0.4) is 0 Å². The van der Waals surface area contributed by atoms with Crippen LogP contribution in [0, 0.1) is 6.92 Å². The Morgan fingerprint density at radius 3 is 1.86 bits per heavy atom. The third-order valence-corrected chi connectivity index (χ3v) is 5.19. The largest absolute Gasteiger partial charge is 0.381 e. The molecule has 1 fully saturated rings. The van der Waals surface area contributed by atoms with E-state index < -0.39 is 16.2 Å². The second-order valence-electron chi connectivity index (χ2n) is 5.41. The normalized spacial score (nSPS) is 26.7. The zero-order valence-corrected chi connectivity index (χ0v) is 13.4. The lowest BCUT2D eigenvalue weighted by Crippen LogP contribution is -2.37. The van der Waals surface area contributed by atoms with Crippen LogP contribution < -0.4 is 0 Å². The maximum atomic E-state index is 12.3. The highest BCUT2D eigenvalue weighted by Gasteiger charge is 2.33. The van der Waals surface area contributed by atoms with Gasteiger partial charge in [-0.15, -0.1) is 0 Å². The number of hydrogen-bond donors (Lipinski definition) is 0. The second kappa shape index (κ2) is 6.87. The highest BCUT2D eigenvalue weighted by Crippen LogP contribution is 2.28. The number of rotatable bonds is 5. The van der Waals surface area contributed by atoms with Gasteiger partial charge < -0.3 is 9.47 Å². The SMILES string of the molecule is CO[C@@H]1CC(OS(=O)(=O)c2ccc(C)cc2)C[C@H](OC)C1. The molecule has 1 unspecified atom stereocenters. The number of benzene rings is 1. The first-order valence-electron chi connectivity index (χ1n) is 7.00. The van der Waals surface area contributed by atoms with Crippen molar-refractivity contribution in [1.29, 1.82) is 0 Å². The molecule has 118 valence electrons. The molecule has 6 heteroatoms. The molecule has 21 heavy (non-hydrogen) atoms. The van der Waals surface area contributed by atoms with E-state index >= 15 is 0 Å². The van der Waals surface area contributed by atoms with Crippen LogP contribution in [-0.4, -0.2) is 40.9 Å². The molecule has 0 saturated heterocycles. The molecule has 0 bridgehead atoms. The van der Waals surface area contributed by atoms with Gasteiger partial charge in [0.2, 0.25) is 0 Å². The van der Waals surface area contributed by atoms with Gasteiger partial charge in [-0.2, -0.15) is 8.42 Å². The second-order valence-corrected chi connectivity index (χ2v) is 6.98. The van der Waals surface area contributed by atoms with E-state index in [1.165, 1.54) is 0 Å². The molecule has 5 nitrogen and oxygen atoms in total. The Hall–Kier alpha value is -0.950.